The van der Waals surface area contributed by atoms with E-state index in [0.29, 0.717) is 5.92 Å². The lowest BCUT2D eigenvalue weighted by Crippen LogP contribution is -2.11. The average molecular weight is 371 g/mol. The molecule has 2 aromatic rings. The molecule has 0 saturated heterocycles. The van der Waals surface area contributed by atoms with Gasteiger partial charge in [0.15, 0.2) is 0 Å². The molecule has 1 fully saturated rings. The van der Waals surface area contributed by atoms with E-state index in [4.69, 9.17) is 0 Å². The molecule has 0 atom stereocenters. The van der Waals surface area contributed by atoms with E-state index in [2.05, 4.69) is 86.4 Å². The average Bonchev–Trinajstić information content (AvgIpc) is 2.74. The monoisotopic (exact) mass is 370 g/mol. The van der Waals surface area contributed by atoms with Gasteiger partial charge in [0, 0.05) is 5.56 Å². The van der Waals surface area contributed by atoms with Gasteiger partial charge < -0.3 is 0 Å². The molecule has 1 aliphatic rings. The zero-order chi connectivity index (χ0) is 19.6. The standard InChI is InChI=1S/C28H34/c1-3-7-23-11-13-25(14-12-23)9-5-6-10-26-17-21-28(22-18-26)27-19-15-24(8-4-2)16-20-27/h6,10-16,19-20,26,28H,3-4,7-8,17-18,21-22H2,1-2H3/b10-6+. The zero-order valence-electron chi connectivity index (χ0n) is 17.6. The second-order valence-corrected chi connectivity index (χ2v) is 8.18. The highest BCUT2D eigenvalue weighted by atomic mass is 14.3. The molecule has 0 heteroatoms. The summed E-state index contributed by atoms with van der Waals surface area (Å²) in [6.45, 7) is 4.46. The van der Waals surface area contributed by atoms with Crippen molar-refractivity contribution in [2.75, 3.05) is 0 Å². The van der Waals surface area contributed by atoms with Crippen LogP contribution in [0, 0.1) is 17.8 Å². The molecule has 0 unspecified atom stereocenters. The molecule has 0 aromatic heterocycles. The number of hydrogen-bond donors (Lipinski definition) is 0. The molecule has 0 heterocycles. The topological polar surface area (TPSA) is 0 Å². The van der Waals surface area contributed by atoms with Crippen LogP contribution in [0.2, 0.25) is 0 Å². The van der Waals surface area contributed by atoms with Gasteiger partial charge in [-0.1, -0.05) is 81.0 Å². The van der Waals surface area contributed by atoms with E-state index in [-0.39, 0.29) is 0 Å². The second kappa shape index (κ2) is 10.9. The van der Waals surface area contributed by atoms with Crippen molar-refractivity contribution >= 4 is 0 Å². The number of hydrogen-bond acceptors (Lipinski definition) is 0. The van der Waals surface area contributed by atoms with E-state index in [9.17, 15) is 0 Å². The Morgan fingerprint density at radius 1 is 0.786 bits per heavy atom. The fourth-order valence-electron chi connectivity index (χ4n) is 4.24. The van der Waals surface area contributed by atoms with Crippen LogP contribution in [-0.2, 0) is 12.8 Å². The summed E-state index contributed by atoms with van der Waals surface area (Å²) in [7, 11) is 0. The summed E-state index contributed by atoms with van der Waals surface area (Å²) >= 11 is 0. The lowest BCUT2D eigenvalue weighted by atomic mass is 9.78. The largest absolute Gasteiger partial charge is 0.0730 e. The van der Waals surface area contributed by atoms with Crippen molar-refractivity contribution in [3.05, 3.63) is 82.9 Å². The number of benzene rings is 2. The number of rotatable bonds is 6. The third-order valence-electron chi connectivity index (χ3n) is 5.92. The molecule has 0 radical (unpaired) electrons. The Kier molecular flexibility index (Phi) is 7.98. The molecule has 146 valence electrons. The van der Waals surface area contributed by atoms with Crippen LogP contribution in [0.25, 0.3) is 0 Å². The third kappa shape index (κ3) is 6.13. The van der Waals surface area contributed by atoms with Gasteiger partial charge in [-0.2, -0.15) is 0 Å². The van der Waals surface area contributed by atoms with Crippen molar-refractivity contribution in [1.29, 1.82) is 0 Å². The van der Waals surface area contributed by atoms with E-state index >= 15 is 0 Å². The molecular weight excluding hydrogens is 336 g/mol. The van der Waals surface area contributed by atoms with E-state index in [1.54, 1.807) is 0 Å². The Labute approximate surface area is 172 Å². The molecule has 0 amide bonds. The fraction of sp³-hybridized carbons (Fsp3) is 0.429. The van der Waals surface area contributed by atoms with Gasteiger partial charge in [-0.25, -0.2) is 0 Å². The zero-order valence-corrected chi connectivity index (χ0v) is 17.6. The Balaban J connectivity index is 1.46. The normalized spacial score (nSPS) is 19.4. The van der Waals surface area contributed by atoms with Gasteiger partial charge in [-0.05, 0) is 85.3 Å². The van der Waals surface area contributed by atoms with Crippen LogP contribution in [0.4, 0.5) is 0 Å². The first-order chi connectivity index (χ1) is 13.8. The van der Waals surface area contributed by atoms with Crippen LogP contribution in [0.3, 0.4) is 0 Å². The van der Waals surface area contributed by atoms with E-state index in [1.807, 2.05) is 0 Å². The van der Waals surface area contributed by atoms with Gasteiger partial charge in [0.05, 0.1) is 0 Å². The number of allylic oxidation sites excluding steroid dienone is 2. The second-order valence-electron chi connectivity index (χ2n) is 8.18. The summed E-state index contributed by atoms with van der Waals surface area (Å²) < 4.78 is 0. The van der Waals surface area contributed by atoms with Gasteiger partial charge in [-0.15, -0.1) is 0 Å². The Morgan fingerprint density at radius 3 is 1.93 bits per heavy atom. The van der Waals surface area contributed by atoms with Gasteiger partial charge in [-0.3, -0.25) is 0 Å². The molecule has 3 rings (SSSR count). The van der Waals surface area contributed by atoms with Gasteiger partial charge in [0.2, 0.25) is 0 Å². The molecule has 0 aliphatic heterocycles. The minimum absolute atomic E-state index is 0.692. The SMILES string of the molecule is CCCc1ccc(C#C/C=C/C2CCC(c3ccc(CCC)cc3)CC2)cc1. The lowest BCUT2D eigenvalue weighted by molar-refractivity contribution is 0.376. The maximum Gasteiger partial charge on any atom is 0.0249 e. The van der Waals surface area contributed by atoms with Crippen LogP contribution >= 0.6 is 0 Å². The summed E-state index contributed by atoms with van der Waals surface area (Å²) in [5.74, 6) is 7.93. The maximum atomic E-state index is 3.27. The van der Waals surface area contributed by atoms with E-state index < -0.39 is 0 Å². The quantitative estimate of drug-likeness (QED) is 0.462. The van der Waals surface area contributed by atoms with Gasteiger partial charge >= 0.3 is 0 Å². The minimum atomic E-state index is 0.692. The Hall–Kier alpha value is -2.26. The molecule has 0 spiro atoms. The van der Waals surface area contributed by atoms with Crippen LogP contribution < -0.4 is 0 Å². The Bertz CT molecular complexity index is 788. The Morgan fingerprint density at radius 2 is 1.36 bits per heavy atom. The van der Waals surface area contributed by atoms with Crippen LogP contribution in [0.1, 0.15) is 80.5 Å². The number of aryl methyl sites for hydroxylation is 2. The highest BCUT2D eigenvalue weighted by molar-refractivity contribution is 5.38. The fourth-order valence-corrected chi connectivity index (χ4v) is 4.24. The highest BCUT2D eigenvalue weighted by Gasteiger charge is 2.20. The van der Waals surface area contributed by atoms with Crippen molar-refractivity contribution in [2.24, 2.45) is 5.92 Å². The first-order valence-electron chi connectivity index (χ1n) is 11.1. The van der Waals surface area contributed by atoms with Gasteiger partial charge in [0.1, 0.15) is 0 Å². The van der Waals surface area contributed by atoms with Crippen molar-refractivity contribution in [3.63, 3.8) is 0 Å². The summed E-state index contributed by atoms with van der Waals surface area (Å²) in [5.41, 5.74) is 5.52. The highest BCUT2D eigenvalue weighted by Crippen LogP contribution is 2.36. The third-order valence-corrected chi connectivity index (χ3v) is 5.92. The first kappa shape index (κ1) is 20.5. The van der Waals surface area contributed by atoms with Crippen LogP contribution in [0.15, 0.2) is 60.7 Å². The van der Waals surface area contributed by atoms with Crippen molar-refractivity contribution in [2.45, 2.75) is 71.1 Å². The van der Waals surface area contributed by atoms with E-state index in [1.165, 1.54) is 61.6 Å². The van der Waals surface area contributed by atoms with E-state index in [0.717, 1.165) is 17.9 Å². The molecule has 28 heavy (non-hydrogen) atoms. The lowest BCUT2D eigenvalue weighted by Gasteiger charge is -2.27. The molecule has 1 aliphatic carbocycles. The molecular formula is C28H34. The van der Waals surface area contributed by atoms with Crippen molar-refractivity contribution in [1.82, 2.24) is 0 Å². The van der Waals surface area contributed by atoms with Crippen molar-refractivity contribution in [3.8, 4) is 11.8 Å². The van der Waals surface area contributed by atoms with Crippen molar-refractivity contribution < 1.29 is 0 Å². The molecule has 0 nitrogen and oxygen atoms in total. The molecule has 2 aromatic carbocycles. The molecule has 0 bridgehead atoms. The summed E-state index contributed by atoms with van der Waals surface area (Å²) in [6, 6.07) is 18.1. The maximum absolute atomic E-state index is 3.27. The summed E-state index contributed by atoms with van der Waals surface area (Å²) in [6.07, 6.45) is 14.3. The first-order valence-corrected chi connectivity index (χ1v) is 11.1. The van der Waals surface area contributed by atoms with Crippen LogP contribution in [-0.4, -0.2) is 0 Å². The minimum Gasteiger partial charge on any atom is -0.0730 e. The molecule has 1 saturated carbocycles. The molecule has 0 N–H and O–H groups in total. The predicted octanol–water partition coefficient (Wildman–Crippen LogP) is 7.47. The predicted molar refractivity (Wildman–Crippen MR) is 122 cm³/mol. The summed E-state index contributed by atoms with van der Waals surface area (Å²) in [4.78, 5) is 0. The smallest absolute Gasteiger partial charge is 0.0249 e. The van der Waals surface area contributed by atoms with Crippen LogP contribution in [0.5, 0.6) is 0 Å². The van der Waals surface area contributed by atoms with Gasteiger partial charge in [0.25, 0.3) is 0 Å². The summed E-state index contributed by atoms with van der Waals surface area (Å²) in [5, 5.41) is 0.